The molecule has 0 bridgehead atoms. The molecule has 0 spiro atoms. The number of hydrogen-bond donors (Lipinski definition) is 1. The third kappa shape index (κ3) is 3.32. The van der Waals surface area contributed by atoms with Crippen LogP contribution in [0, 0.1) is 11.8 Å². The molecular formula is C14H25N3. The van der Waals surface area contributed by atoms with Gasteiger partial charge in [-0.05, 0) is 37.8 Å². The van der Waals surface area contributed by atoms with E-state index in [1.165, 1.54) is 25.1 Å². The van der Waals surface area contributed by atoms with Crippen molar-refractivity contribution in [2.24, 2.45) is 11.8 Å². The van der Waals surface area contributed by atoms with Gasteiger partial charge in [0.1, 0.15) is 0 Å². The molecule has 1 fully saturated rings. The molecule has 3 nitrogen and oxygen atoms in total. The van der Waals surface area contributed by atoms with Crippen LogP contribution in [0.3, 0.4) is 0 Å². The number of rotatable bonds is 7. The molecule has 2 rings (SSSR count). The first-order valence-corrected chi connectivity index (χ1v) is 6.93. The summed E-state index contributed by atoms with van der Waals surface area (Å²) in [5.41, 5.74) is 1.45. The van der Waals surface area contributed by atoms with Gasteiger partial charge in [0.2, 0.25) is 0 Å². The average molecular weight is 235 g/mol. The van der Waals surface area contributed by atoms with E-state index >= 15 is 0 Å². The Bertz CT molecular complexity index is 343. The fourth-order valence-corrected chi connectivity index (χ4v) is 2.46. The lowest BCUT2D eigenvalue weighted by Gasteiger charge is -2.08. The maximum Gasteiger partial charge on any atom is 0.0948 e. The first kappa shape index (κ1) is 12.6. The molecule has 0 radical (unpaired) electrons. The van der Waals surface area contributed by atoms with Gasteiger partial charge in [0.25, 0.3) is 0 Å². The number of nitrogens with one attached hydrogen (secondary N) is 1. The van der Waals surface area contributed by atoms with Crippen LogP contribution in [0.4, 0.5) is 0 Å². The zero-order valence-electron chi connectivity index (χ0n) is 11.3. The Labute approximate surface area is 105 Å². The minimum atomic E-state index is 0.748. The monoisotopic (exact) mass is 235 g/mol. The molecule has 1 N–H and O–H groups in total. The fraction of sp³-hybridized carbons (Fsp3) is 0.786. The Hall–Kier alpha value is -0.830. The molecule has 0 saturated heterocycles. The minimum Gasteiger partial charge on any atom is -0.334 e. The van der Waals surface area contributed by atoms with Crippen LogP contribution in [0.25, 0.3) is 0 Å². The molecule has 3 heteroatoms. The Morgan fingerprint density at radius 2 is 2.35 bits per heavy atom. The third-order valence-electron chi connectivity index (χ3n) is 3.47. The van der Waals surface area contributed by atoms with E-state index in [4.69, 9.17) is 0 Å². The van der Waals surface area contributed by atoms with E-state index in [1.807, 2.05) is 6.33 Å². The molecule has 1 aromatic heterocycles. The van der Waals surface area contributed by atoms with Gasteiger partial charge in [-0.2, -0.15) is 0 Å². The standard InChI is InChI=1S/C14H25N3/c1-4-5-17-10-16-9-14(17)13-6-12(13)8-15-7-11(2)3/h9-13,15H,4-8H2,1-3H3. The SMILES string of the molecule is CCCn1cncc1C1CC1CNCC(C)C. The van der Waals surface area contributed by atoms with Crippen molar-refractivity contribution in [1.82, 2.24) is 14.9 Å². The second kappa shape index (κ2) is 5.67. The van der Waals surface area contributed by atoms with E-state index in [9.17, 15) is 0 Å². The minimum absolute atomic E-state index is 0.748. The van der Waals surface area contributed by atoms with Crippen LogP contribution in [-0.2, 0) is 6.54 Å². The van der Waals surface area contributed by atoms with Crippen LogP contribution >= 0.6 is 0 Å². The number of aryl methyl sites for hydroxylation is 1. The van der Waals surface area contributed by atoms with Gasteiger partial charge < -0.3 is 9.88 Å². The van der Waals surface area contributed by atoms with Crippen molar-refractivity contribution in [1.29, 1.82) is 0 Å². The zero-order valence-corrected chi connectivity index (χ0v) is 11.3. The Kier molecular flexibility index (Phi) is 4.21. The Morgan fingerprint density at radius 1 is 1.53 bits per heavy atom. The van der Waals surface area contributed by atoms with Gasteiger partial charge in [-0.3, -0.25) is 0 Å². The van der Waals surface area contributed by atoms with Crippen LogP contribution in [-0.4, -0.2) is 22.6 Å². The van der Waals surface area contributed by atoms with E-state index in [2.05, 4.69) is 41.8 Å². The molecule has 0 aliphatic heterocycles. The molecular weight excluding hydrogens is 210 g/mol. The third-order valence-corrected chi connectivity index (χ3v) is 3.47. The van der Waals surface area contributed by atoms with E-state index in [-0.39, 0.29) is 0 Å². The smallest absolute Gasteiger partial charge is 0.0948 e. The van der Waals surface area contributed by atoms with Gasteiger partial charge in [0.15, 0.2) is 0 Å². The topological polar surface area (TPSA) is 29.9 Å². The molecule has 1 saturated carbocycles. The van der Waals surface area contributed by atoms with Crippen molar-refractivity contribution in [3.05, 3.63) is 18.2 Å². The van der Waals surface area contributed by atoms with E-state index in [0.29, 0.717) is 0 Å². The highest BCUT2D eigenvalue weighted by Crippen LogP contribution is 2.46. The summed E-state index contributed by atoms with van der Waals surface area (Å²) < 4.78 is 2.33. The van der Waals surface area contributed by atoms with E-state index < -0.39 is 0 Å². The summed E-state index contributed by atoms with van der Waals surface area (Å²) in [6, 6.07) is 0. The molecule has 17 heavy (non-hydrogen) atoms. The Balaban J connectivity index is 1.79. The van der Waals surface area contributed by atoms with Crippen molar-refractivity contribution < 1.29 is 0 Å². The van der Waals surface area contributed by atoms with Gasteiger partial charge >= 0.3 is 0 Å². The predicted molar refractivity (Wildman–Crippen MR) is 71.1 cm³/mol. The first-order valence-electron chi connectivity index (χ1n) is 6.93. The lowest BCUT2D eigenvalue weighted by Crippen LogP contribution is -2.22. The maximum atomic E-state index is 4.29. The summed E-state index contributed by atoms with van der Waals surface area (Å²) in [6.07, 6.45) is 6.56. The second-order valence-corrected chi connectivity index (χ2v) is 5.67. The van der Waals surface area contributed by atoms with Crippen molar-refractivity contribution >= 4 is 0 Å². The van der Waals surface area contributed by atoms with Gasteiger partial charge in [-0.25, -0.2) is 4.98 Å². The highest BCUT2D eigenvalue weighted by molar-refractivity contribution is 5.16. The van der Waals surface area contributed by atoms with Crippen LogP contribution in [0.15, 0.2) is 12.5 Å². The average Bonchev–Trinajstić information content (AvgIpc) is 2.88. The lowest BCUT2D eigenvalue weighted by molar-refractivity contribution is 0.529. The van der Waals surface area contributed by atoms with Gasteiger partial charge in [-0.1, -0.05) is 20.8 Å². The number of aromatic nitrogens is 2. The largest absolute Gasteiger partial charge is 0.334 e. The van der Waals surface area contributed by atoms with Crippen LogP contribution in [0.1, 0.15) is 45.2 Å². The number of imidazole rings is 1. The molecule has 2 unspecified atom stereocenters. The fourth-order valence-electron chi connectivity index (χ4n) is 2.46. The molecule has 2 atom stereocenters. The van der Waals surface area contributed by atoms with Crippen LogP contribution in [0.2, 0.25) is 0 Å². The van der Waals surface area contributed by atoms with Crippen LogP contribution < -0.4 is 5.32 Å². The summed E-state index contributed by atoms with van der Waals surface area (Å²) >= 11 is 0. The zero-order chi connectivity index (χ0) is 12.3. The quantitative estimate of drug-likeness (QED) is 0.787. The summed E-state index contributed by atoms with van der Waals surface area (Å²) in [7, 11) is 0. The molecule has 1 aromatic rings. The van der Waals surface area contributed by atoms with Gasteiger partial charge in [-0.15, -0.1) is 0 Å². The highest BCUT2D eigenvalue weighted by atomic mass is 15.1. The summed E-state index contributed by atoms with van der Waals surface area (Å²) in [5.74, 6) is 2.34. The molecule has 1 heterocycles. The predicted octanol–water partition coefficient (Wildman–Crippen LogP) is 2.64. The number of hydrogen-bond acceptors (Lipinski definition) is 2. The van der Waals surface area contributed by atoms with Crippen LogP contribution in [0.5, 0.6) is 0 Å². The summed E-state index contributed by atoms with van der Waals surface area (Å²) in [6.45, 7) is 10.1. The van der Waals surface area contributed by atoms with Gasteiger partial charge in [0.05, 0.1) is 6.33 Å². The van der Waals surface area contributed by atoms with Crippen molar-refractivity contribution in [3.63, 3.8) is 0 Å². The maximum absolute atomic E-state index is 4.29. The lowest BCUT2D eigenvalue weighted by atomic mass is 10.2. The number of nitrogens with zero attached hydrogens (tertiary/aromatic N) is 2. The second-order valence-electron chi connectivity index (χ2n) is 5.67. The van der Waals surface area contributed by atoms with Crippen molar-refractivity contribution in [2.45, 2.75) is 46.1 Å². The molecule has 0 aromatic carbocycles. The van der Waals surface area contributed by atoms with Gasteiger partial charge in [0, 0.05) is 24.4 Å². The highest BCUT2D eigenvalue weighted by Gasteiger charge is 2.39. The molecule has 0 amide bonds. The van der Waals surface area contributed by atoms with E-state index in [1.54, 1.807) is 0 Å². The summed E-state index contributed by atoms with van der Waals surface area (Å²) in [5, 5.41) is 3.56. The van der Waals surface area contributed by atoms with Crippen molar-refractivity contribution in [3.8, 4) is 0 Å². The molecule has 1 aliphatic rings. The summed E-state index contributed by atoms with van der Waals surface area (Å²) in [4.78, 5) is 4.29. The molecule has 96 valence electrons. The van der Waals surface area contributed by atoms with E-state index in [0.717, 1.165) is 30.8 Å². The van der Waals surface area contributed by atoms with Crippen molar-refractivity contribution in [2.75, 3.05) is 13.1 Å². The normalized spacial score (nSPS) is 23.3. The Morgan fingerprint density at radius 3 is 3.06 bits per heavy atom. The first-order chi connectivity index (χ1) is 8.22. The molecule has 1 aliphatic carbocycles.